The first kappa shape index (κ1) is 18.2. The summed E-state index contributed by atoms with van der Waals surface area (Å²) in [6, 6.07) is 0. The third kappa shape index (κ3) is 2.69. The van der Waals surface area contributed by atoms with Crippen LogP contribution in [-0.4, -0.2) is 30.7 Å². The van der Waals surface area contributed by atoms with Gasteiger partial charge in [0.25, 0.3) is 0 Å². The van der Waals surface area contributed by atoms with Crippen LogP contribution in [0.5, 0.6) is 0 Å². The Hall–Kier alpha value is -0.640. The minimum atomic E-state index is -0.373. The van der Waals surface area contributed by atoms with Crippen LogP contribution in [0.15, 0.2) is 23.8 Å². The summed E-state index contributed by atoms with van der Waals surface area (Å²) >= 11 is 0. The molecule has 3 aliphatic rings. The number of rotatable bonds is 4. The Bertz CT molecular complexity index is 517. The smallest absolute Gasteiger partial charge is 0.174 e. The van der Waals surface area contributed by atoms with E-state index in [1.807, 2.05) is 0 Å². The minimum Gasteiger partial charge on any atom is -0.396 e. The summed E-state index contributed by atoms with van der Waals surface area (Å²) in [6.07, 6.45) is 9.70. The zero-order valence-electron chi connectivity index (χ0n) is 15.7. The Morgan fingerprint density at radius 1 is 1.29 bits per heavy atom. The van der Waals surface area contributed by atoms with Gasteiger partial charge in [-0.1, -0.05) is 37.6 Å². The minimum absolute atomic E-state index is 0.0659. The van der Waals surface area contributed by atoms with Gasteiger partial charge in [0.15, 0.2) is 5.79 Å². The Morgan fingerprint density at radius 3 is 2.67 bits per heavy atom. The molecule has 1 heterocycles. The second-order valence-corrected chi connectivity index (χ2v) is 8.56. The van der Waals surface area contributed by atoms with E-state index in [2.05, 4.69) is 33.4 Å². The van der Waals surface area contributed by atoms with Gasteiger partial charge >= 0.3 is 0 Å². The highest BCUT2D eigenvalue weighted by Crippen LogP contribution is 2.65. The van der Waals surface area contributed by atoms with E-state index >= 15 is 0 Å². The summed E-state index contributed by atoms with van der Waals surface area (Å²) in [6.45, 7) is 13.1. The molecule has 1 aliphatic heterocycles. The third-order valence-electron chi connectivity index (χ3n) is 7.30. The highest BCUT2D eigenvalue weighted by molar-refractivity contribution is 5.23. The van der Waals surface area contributed by atoms with Crippen LogP contribution in [0.4, 0.5) is 0 Å². The maximum absolute atomic E-state index is 9.17. The Balaban J connectivity index is 1.91. The van der Waals surface area contributed by atoms with Gasteiger partial charge in [0.1, 0.15) is 0 Å². The van der Waals surface area contributed by atoms with Crippen LogP contribution in [0.25, 0.3) is 0 Å². The zero-order valence-corrected chi connectivity index (χ0v) is 15.7. The predicted octanol–water partition coefficient (Wildman–Crippen LogP) is 4.61. The van der Waals surface area contributed by atoms with Gasteiger partial charge in [-0.15, -0.1) is 0 Å². The highest BCUT2D eigenvalue weighted by atomic mass is 16.7. The van der Waals surface area contributed by atoms with E-state index in [9.17, 15) is 0 Å². The summed E-state index contributed by atoms with van der Waals surface area (Å²) in [4.78, 5) is 0. The molecule has 2 aliphatic carbocycles. The lowest BCUT2D eigenvalue weighted by molar-refractivity contribution is -0.285. The molecule has 3 fully saturated rings. The number of hydrogen-bond acceptors (Lipinski definition) is 3. The normalized spacial score (nSPS) is 39.2. The first-order chi connectivity index (χ1) is 11.4. The van der Waals surface area contributed by atoms with Gasteiger partial charge < -0.3 is 14.6 Å². The molecule has 24 heavy (non-hydrogen) atoms. The predicted molar refractivity (Wildman–Crippen MR) is 96.6 cm³/mol. The van der Waals surface area contributed by atoms with Crippen LogP contribution in [0.3, 0.4) is 0 Å². The van der Waals surface area contributed by atoms with E-state index in [4.69, 9.17) is 14.6 Å². The largest absolute Gasteiger partial charge is 0.396 e. The maximum Gasteiger partial charge on any atom is 0.174 e. The fourth-order valence-corrected chi connectivity index (χ4v) is 5.62. The monoisotopic (exact) mass is 334 g/mol. The highest BCUT2D eigenvalue weighted by Gasteiger charge is 2.63. The Morgan fingerprint density at radius 2 is 2.00 bits per heavy atom. The number of aliphatic hydroxyl groups is 1. The van der Waals surface area contributed by atoms with Crippen molar-refractivity contribution >= 4 is 0 Å². The van der Waals surface area contributed by atoms with Crippen molar-refractivity contribution in [1.29, 1.82) is 0 Å². The molecular formula is C21H34O3. The molecule has 0 amide bonds. The number of ether oxygens (including phenoxy) is 2. The van der Waals surface area contributed by atoms with E-state index in [0.717, 1.165) is 45.3 Å². The number of aliphatic hydroxyl groups excluding tert-OH is 1. The molecule has 0 aromatic heterocycles. The van der Waals surface area contributed by atoms with E-state index in [-0.39, 0.29) is 23.2 Å². The van der Waals surface area contributed by atoms with Crippen molar-refractivity contribution in [2.24, 2.45) is 16.7 Å². The van der Waals surface area contributed by atoms with Gasteiger partial charge in [-0.05, 0) is 56.8 Å². The second kappa shape index (κ2) is 6.59. The van der Waals surface area contributed by atoms with E-state index in [0.29, 0.717) is 5.92 Å². The quantitative estimate of drug-likeness (QED) is 0.763. The average Bonchev–Trinajstić information content (AvgIpc) is 3.03. The van der Waals surface area contributed by atoms with E-state index in [1.165, 1.54) is 24.0 Å². The first-order valence-electron chi connectivity index (χ1n) is 9.61. The fourth-order valence-electron chi connectivity index (χ4n) is 5.62. The average molecular weight is 335 g/mol. The van der Waals surface area contributed by atoms with Gasteiger partial charge in [-0.3, -0.25) is 0 Å². The van der Waals surface area contributed by atoms with Crippen LogP contribution in [0, 0.1) is 16.7 Å². The molecule has 0 unspecified atom stereocenters. The third-order valence-corrected chi connectivity index (χ3v) is 7.30. The van der Waals surface area contributed by atoms with Crippen molar-refractivity contribution in [2.45, 2.75) is 71.5 Å². The molecule has 2 saturated carbocycles. The molecule has 3 rings (SSSR count). The lowest BCUT2D eigenvalue weighted by atomic mass is 9.47. The SMILES string of the molecule is C=C1CC[C@]2(C)[C@H](CCCC23OCCO3)[C@@]1(C)C/C=C(\C)CCO. The molecule has 0 radical (unpaired) electrons. The molecule has 3 atom stereocenters. The van der Waals surface area contributed by atoms with Crippen molar-refractivity contribution in [3.63, 3.8) is 0 Å². The van der Waals surface area contributed by atoms with E-state index in [1.54, 1.807) is 0 Å². The van der Waals surface area contributed by atoms with Gasteiger partial charge in [0, 0.05) is 18.4 Å². The zero-order chi connectivity index (χ0) is 17.4. The van der Waals surface area contributed by atoms with Crippen LogP contribution >= 0.6 is 0 Å². The molecule has 1 spiro atoms. The number of fused-ring (bicyclic) bond motifs is 2. The number of allylic oxidation sites excluding steroid dienone is 2. The van der Waals surface area contributed by atoms with Gasteiger partial charge in [-0.25, -0.2) is 0 Å². The topological polar surface area (TPSA) is 38.7 Å². The van der Waals surface area contributed by atoms with Crippen molar-refractivity contribution < 1.29 is 14.6 Å². The lowest BCUT2D eigenvalue weighted by Crippen LogP contribution is -2.60. The first-order valence-corrected chi connectivity index (χ1v) is 9.61. The summed E-state index contributed by atoms with van der Waals surface area (Å²) in [5.74, 6) is 0.165. The molecule has 1 saturated heterocycles. The lowest BCUT2D eigenvalue weighted by Gasteiger charge is -2.61. The summed E-state index contributed by atoms with van der Waals surface area (Å²) in [7, 11) is 0. The number of hydrogen-bond donors (Lipinski definition) is 1. The maximum atomic E-state index is 9.17. The van der Waals surface area contributed by atoms with Crippen LogP contribution in [0.1, 0.15) is 65.7 Å². The van der Waals surface area contributed by atoms with Gasteiger partial charge in [0.2, 0.25) is 0 Å². The molecular weight excluding hydrogens is 300 g/mol. The van der Waals surface area contributed by atoms with Crippen molar-refractivity contribution in [2.75, 3.05) is 19.8 Å². The van der Waals surface area contributed by atoms with Crippen molar-refractivity contribution in [1.82, 2.24) is 0 Å². The molecule has 136 valence electrons. The van der Waals surface area contributed by atoms with Crippen LogP contribution in [0.2, 0.25) is 0 Å². The van der Waals surface area contributed by atoms with Crippen molar-refractivity contribution in [3.05, 3.63) is 23.8 Å². The van der Waals surface area contributed by atoms with Crippen molar-refractivity contribution in [3.8, 4) is 0 Å². The standard InChI is InChI=1S/C21H34O3/c1-16(9-13-22)7-11-19(3)17(2)8-12-20(4)18(19)6-5-10-21(20)23-14-15-24-21/h7,18,22H,2,5-6,8-15H2,1,3-4H3/b16-7+/t18-,19+,20-/m1/s1. The molecule has 0 aromatic rings. The van der Waals surface area contributed by atoms with Gasteiger partial charge in [0.05, 0.1) is 13.2 Å². The summed E-state index contributed by atoms with van der Waals surface area (Å²) in [5, 5.41) is 9.17. The van der Waals surface area contributed by atoms with Gasteiger partial charge in [-0.2, -0.15) is 0 Å². The summed E-state index contributed by atoms with van der Waals surface area (Å²) in [5.41, 5.74) is 2.81. The Labute approximate surface area is 147 Å². The van der Waals surface area contributed by atoms with Crippen LogP contribution < -0.4 is 0 Å². The Kier molecular flexibility index (Phi) is 4.98. The molecule has 1 N–H and O–H groups in total. The van der Waals surface area contributed by atoms with Crippen LogP contribution in [-0.2, 0) is 9.47 Å². The molecule has 3 heteroatoms. The molecule has 0 aromatic carbocycles. The molecule has 3 nitrogen and oxygen atoms in total. The second-order valence-electron chi connectivity index (χ2n) is 8.56. The molecule has 0 bridgehead atoms. The summed E-state index contributed by atoms with van der Waals surface area (Å²) < 4.78 is 12.5. The fraction of sp³-hybridized carbons (Fsp3) is 0.810. The van der Waals surface area contributed by atoms with E-state index < -0.39 is 0 Å².